The molecule has 1 aromatic heterocycles. The van der Waals surface area contributed by atoms with E-state index in [0.29, 0.717) is 4.99 Å². The van der Waals surface area contributed by atoms with E-state index in [0.717, 1.165) is 20.9 Å². The van der Waals surface area contributed by atoms with Crippen molar-refractivity contribution in [3.05, 3.63) is 60.2 Å². The molecular weight excluding hydrogens is 260 g/mol. The standard InChI is InChI=1S/C14H10N2S2/c17-13(10-6-2-1-3-7-10)16-14-15-11-8-4-5-9-12(11)18-14/h1-9H,(H,15,16,17). The summed E-state index contributed by atoms with van der Waals surface area (Å²) in [5.74, 6) is 0. The number of thiocarbonyl (C=S) groups is 1. The molecule has 0 atom stereocenters. The lowest BCUT2D eigenvalue weighted by atomic mass is 10.2. The van der Waals surface area contributed by atoms with E-state index in [-0.39, 0.29) is 0 Å². The highest BCUT2D eigenvalue weighted by Gasteiger charge is 2.05. The molecule has 0 bridgehead atoms. The van der Waals surface area contributed by atoms with E-state index in [4.69, 9.17) is 12.2 Å². The highest BCUT2D eigenvalue weighted by atomic mass is 32.1. The molecular formula is C14H10N2S2. The lowest BCUT2D eigenvalue weighted by Gasteiger charge is -2.03. The van der Waals surface area contributed by atoms with Crippen molar-refractivity contribution in [2.24, 2.45) is 0 Å². The van der Waals surface area contributed by atoms with Gasteiger partial charge in [0.1, 0.15) is 4.99 Å². The zero-order chi connectivity index (χ0) is 12.4. The van der Waals surface area contributed by atoms with E-state index in [2.05, 4.69) is 16.4 Å². The first-order valence-electron chi connectivity index (χ1n) is 5.55. The molecule has 3 rings (SSSR count). The molecule has 0 unspecified atom stereocenters. The molecule has 0 amide bonds. The number of hydrogen-bond donors (Lipinski definition) is 1. The Bertz CT molecular complexity index is 656. The van der Waals surface area contributed by atoms with Crippen molar-refractivity contribution in [3.8, 4) is 0 Å². The maximum absolute atomic E-state index is 5.36. The number of aromatic nitrogens is 1. The van der Waals surface area contributed by atoms with Crippen LogP contribution in [0.3, 0.4) is 0 Å². The van der Waals surface area contributed by atoms with Gasteiger partial charge >= 0.3 is 0 Å². The fourth-order valence-electron chi connectivity index (χ4n) is 1.68. The van der Waals surface area contributed by atoms with Gasteiger partial charge in [-0.2, -0.15) is 0 Å². The number of hydrogen-bond acceptors (Lipinski definition) is 3. The van der Waals surface area contributed by atoms with Crippen LogP contribution in [-0.2, 0) is 0 Å². The maximum Gasteiger partial charge on any atom is 0.188 e. The molecule has 0 saturated heterocycles. The smallest absolute Gasteiger partial charge is 0.188 e. The van der Waals surface area contributed by atoms with Crippen molar-refractivity contribution in [3.63, 3.8) is 0 Å². The summed E-state index contributed by atoms with van der Waals surface area (Å²) in [6.07, 6.45) is 0. The first kappa shape index (κ1) is 11.3. The summed E-state index contributed by atoms with van der Waals surface area (Å²) < 4.78 is 1.16. The van der Waals surface area contributed by atoms with Crippen molar-refractivity contribution in [1.29, 1.82) is 0 Å². The number of thiazole rings is 1. The topological polar surface area (TPSA) is 24.9 Å². The second-order valence-electron chi connectivity index (χ2n) is 3.81. The van der Waals surface area contributed by atoms with Crippen LogP contribution in [0.5, 0.6) is 0 Å². The van der Waals surface area contributed by atoms with Gasteiger partial charge < -0.3 is 5.32 Å². The van der Waals surface area contributed by atoms with Gasteiger partial charge in [-0.15, -0.1) is 0 Å². The van der Waals surface area contributed by atoms with Crippen molar-refractivity contribution in [2.45, 2.75) is 0 Å². The van der Waals surface area contributed by atoms with Crippen LogP contribution in [0.25, 0.3) is 10.2 Å². The van der Waals surface area contributed by atoms with Gasteiger partial charge in [-0.25, -0.2) is 4.98 Å². The van der Waals surface area contributed by atoms with Gasteiger partial charge in [0.15, 0.2) is 5.13 Å². The molecule has 0 saturated carbocycles. The minimum atomic E-state index is 0.703. The minimum Gasteiger partial charge on any atom is -0.322 e. The summed E-state index contributed by atoms with van der Waals surface area (Å²) in [7, 11) is 0. The van der Waals surface area contributed by atoms with Crippen molar-refractivity contribution in [1.82, 2.24) is 4.98 Å². The Labute approximate surface area is 114 Å². The largest absolute Gasteiger partial charge is 0.322 e. The van der Waals surface area contributed by atoms with Crippen molar-refractivity contribution in [2.75, 3.05) is 5.32 Å². The number of anilines is 1. The molecule has 0 aliphatic heterocycles. The second kappa shape index (κ2) is 4.84. The molecule has 0 aliphatic carbocycles. The van der Waals surface area contributed by atoms with E-state index in [9.17, 15) is 0 Å². The van der Waals surface area contributed by atoms with Gasteiger partial charge in [0.25, 0.3) is 0 Å². The van der Waals surface area contributed by atoms with Crippen LogP contribution in [-0.4, -0.2) is 9.97 Å². The van der Waals surface area contributed by atoms with Crippen LogP contribution in [0, 0.1) is 0 Å². The van der Waals surface area contributed by atoms with Crippen LogP contribution in [0.15, 0.2) is 54.6 Å². The quantitative estimate of drug-likeness (QED) is 0.710. The number of para-hydroxylation sites is 1. The van der Waals surface area contributed by atoms with Crippen LogP contribution in [0.4, 0.5) is 5.13 Å². The molecule has 1 N–H and O–H groups in total. The summed E-state index contributed by atoms with van der Waals surface area (Å²) >= 11 is 6.97. The average molecular weight is 270 g/mol. The summed E-state index contributed by atoms with van der Waals surface area (Å²) in [6.45, 7) is 0. The Kier molecular flexibility index (Phi) is 3.04. The lowest BCUT2D eigenvalue weighted by Crippen LogP contribution is -2.09. The lowest BCUT2D eigenvalue weighted by molar-refractivity contribution is 1.47. The highest BCUT2D eigenvalue weighted by Crippen LogP contribution is 2.25. The molecule has 1 heterocycles. The van der Waals surface area contributed by atoms with Gasteiger partial charge in [-0.1, -0.05) is 66.0 Å². The Morgan fingerprint density at radius 2 is 1.72 bits per heavy atom. The molecule has 4 heteroatoms. The number of fused-ring (bicyclic) bond motifs is 1. The molecule has 0 fully saturated rings. The van der Waals surface area contributed by atoms with E-state index in [1.807, 2.05) is 48.5 Å². The van der Waals surface area contributed by atoms with Crippen LogP contribution >= 0.6 is 23.6 Å². The molecule has 0 spiro atoms. The summed E-state index contributed by atoms with van der Waals surface area (Å²) in [6, 6.07) is 18.0. The third kappa shape index (κ3) is 2.25. The van der Waals surface area contributed by atoms with Crippen molar-refractivity contribution < 1.29 is 0 Å². The molecule has 2 aromatic carbocycles. The molecule has 88 valence electrons. The van der Waals surface area contributed by atoms with Gasteiger partial charge in [0, 0.05) is 5.56 Å². The second-order valence-corrected chi connectivity index (χ2v) is 5.25. The van der Waals surface area contributed by atoms with E-state index in [1.165, 1.54) is 0 Å². The summed E-state index contributed by atoms with van der Waals surface area (Å²) in [5.41, 5.74) is 2.01. The molecule has 18 heavy (non-hydrogen) atoms. The van der Waals surface area contributed by atoms with Gasteiger partial charge in [-0.3, -0.25) is 0 Å². The van der Waals surface area contributed by atoms with E-state index < -0.39 is 0 Å². The molecule has 0 radical (unpaired) electrons. The summed E-state index contributed by atoms with van der Waals surface area (Å²) in [4.78, 5) is 5.20. The van der Waals surface area contributed by atoms with Gasteiger partial charge in [0.2, 0.25) is 0 Å². The van der Waals surface area contributed by atoms with Crippen LogP contribution in [0.1, 0.15) is 5.56 Å². The average Bonchev–Trinajstić information content (AvgIpc) is 2.82. The van der Waals surface area contributed by atoms with Gasteiger partial charge in [-0.05, 0) is 12.1 Å². The molecule has 0 aliphatic rings. The predicted molar refractivity (Wildman–Crippen MR) is 81.4 cm³/mol. The van der Waals surface area contributed by atoms with E-state index >= 15 is 0 Å². The predicted octanol–water partition coefficient (Wildman–Crippen LogP) is 4.08. The van der Waals surface area contributed by atoms with Crippen LogP contribution in [0.2, 0.25) is 0 Å². The number of nitrogens with one attached hydrogen (secondary N) is 1. The zero-order valence-corrected chi connectivity index (χ0v) is 11.1. The third-order valence-electron chi connectivity index (χ3n) is 2.55. The first-order chi connectivity index (χ1) is 8.83. The fourth-order valence-corrected chi connectivity index (χ4v) is 2.85. The number of rotatable bonds is 2. The van der Waals surface area contributed by atoms with Gasteiger partial charge in [0.05, 0.1) is 10.2 Å². The van der Waals surface area contributed by atoms with Crippen LogP contribution < -0.4 is 5.32 Å². The Morgan fingerprint density at radius 1 is 1.00 bits per heavy atom. The monoisotopic (exact) mass is 270 g/mol. The highest BCUT2D eigenvalue weighted by molar-refractivity contribution is 7.81. The summed E-state index contributed by atoms with van der Waals surface area (Å²) in [5, 5.41) is 4.02. The zero-order valence-electron chi connectivity index (χ0n) is 9.46. The SMILES string of the molecule is S=C(Nc1nc2ccccc2s1)c1ccccc1. The number of benzene rings is 2. The fraction of sp³-hybridized carbons (Fsp3) is 0. The number of nitrogens with zero attached hydrogens (tertiary/aromatic N) is 1. The molecule has 3 aromatic rings. The maximum atomic E-state index is 5.36. The Balaban J connectivity index is 1.86. The van der Waals surface area contributed by atoms with E-state index in [1.54, 1.807) is 11.3 Å². The third-order valence-corrected chi connectivity index (χ3v) is 3.84. The Hall–Kier alpha value is -1.78. The normalized spacial score (nSPS) is 10.4. The van der Waals surface area contributed by atoms with Crippen molar-refractivity contribution >= 4 is 43.9 Å². The Morgan fingerprint density at radius 3 is 2.50 bits per heavy atom. The molecule has 2 nitrogen and oxygen atoms in total. The first-order valence-corrected chi connectivity index (χ1v) is 6.77. The minimum absolute atomic E-state index is 0.703.